The molecule has 1 rings (SSSR count). The van der Waals surface area contributed by atoms with Crippen molar-refractivity contribution in [3.8, 4) is 0 Å². The molecule has 0 aliphatic heterocycles. The molecule has 0 atom stereocenters. The zero-order chi connectivity index (χ0) is 13.0. The topological polar surface area (TPSA) is 90.2 Å². The van der Waals surface area contributed by atoms with Crippen LogP contribution in [-0.4, -0.2) is 28.8 Å². The van der Waals surface area contributed by atoms with Crippen molar-refractivity contribution in [2.45, 2.75) is 33.7 Å². The smallest absolute Gasteiger partial charge is 0.236 e. The first-order valence-electron chi connectivity index (χ1n) is 5.87. The standard InChI is InChI=1S/C11H21N5O/c1-4-6-16-11(10(13)8(3)14-16)15(5-2)7-9(12)17/h4-7,13H2,1-3H3,(H2,12,17). The summed E-state index contributed by atoms with van der Waals surface area (Å²) < 4.78 is 1.84. The van der Waals surface area contributed by atoms with E-state index >= 15 is 0 Å². The van der Waals surface area contributed by atoms with Crippen molar-refractivity contribution in [2.75, 3.05) is 23.7 Å². The summed E-state index contributed by atoms with van der Waals surface area (Å²) in [6.07, 6.45) is 0.960. The van der Waals surface area contributed by atoms with E-state index < -0.39 is 0 Å². The van der Waals surface area contributed by atoms with E-state index in [0.717, 1.165) is 24.5 Å². The van der Waals surface area contributed by atoms with Crippen LogP contribution in [0.15, 0.2) is 0 Å². The second kappa shape index (κ2) is 5.56. The van der Waals surface area contributed by atoms with Gasteiger partial charge in [0.25, 0.3) is 0 Å². The first-order valence-corrected chi connectivity index (χ1v) is 5.87. The number of nitrogen functional groups attached to an aromatic ring is 1. The Balaban J connectivity index is 3.11. The van der Waals surface area contributed by atoms with E-state index in [2.05, 4.69) is 12.0 Å². The van der Waals surface area contributed by atoms with Crippen molar-refractivity contribution in [2.24, 2.45) is 5.73 Å². The van der Waals surface area contributed by atoms with Crippen LogP contribution in [0.1, 0.15) is 26.0 Å². The molecule has 0 radical (unpaired) electrons. The molecule has 1 aromatic rings. The summed E-state index contributed by atoms with van der Waals surface area (Å²) in [6.45, 7) is 7.51. The molecular weight excluding hydrogens is 218 g/mol. The number of aryl methyl sites for hydroxylation is 2. The highest BCUT2D eigenvalue weighted by Gasteiger charge is 2.18. The Kier molecular flexibility index (Phi) is 4.37. The Hall–Kier alpha value is -1.72. The molecule has 0 fully saturated rings. The van der Waals surface area contributed by atoms with Gasteiger partial charge < -0.3 is 16.4 Å². The number of hydrogen-bond donors (Lipinski definition) is 2. The number of nitrogens with zero attached hydrogens (tertiary/aromatic N) is 3. The minimum absolute atomic E-state index is 0.162. The summed E-state index contributed by atoms with van der Waals surface area (Å²) in [4.78, 5) is 12.9. The fourth-order valence-electron chi connectivity index (χ4n) is 1.81. The normalized spacial score (nSPS) is 10.5. The van der Waals surface area contributed by atoms with Crippen molar-refractivity contribution in [1.82, 2.24) is 9.78 Å². The van der Waals surface area contributed by atoms with Crippen LogP contribution in [0.5, 0.6) is 0 Å². The average Bonchev–Trinajstić information content (AvgIpc) is 2.52. The Bertz CT molecular complexity index is 399. The van der Waals surface area contributed by atoms with Crippen LogP contribution in [0, 0.1) is 6.92 Å². The third kappa shape index (κ3) is 2.89. The summed E-state index contributed by atoms with van der Waals surface area (Å²) in [6, 6.07) is 0. The van der Waals surface area contributed by atoms with Gasteiger partial charge in [-0.15, -0.1) is 0 Å². The summed E-state index contributed by atoms with van der Waals surface area (Å²) in [5, 5.41) is 4.37. The molecule has 0 aliphatic rings. The van der Waals surface area contributed by atoms with Crippen molar-refractivity contribution < 1.29 is 4.79 Å². The van der Waals surface area contributed by atoms with Gasteiger partial charge in [-0.05, 0) is 20.3 Å². The Morgan fingerprint density at radius 3 is 2.59 bits per heavy atom. The summed E-state index contributed by atoms with van der Waals surface area (Å²) in [5.41, 5.74) is 12.7. The van der Waals surface area contributed by atoms with Crippen molar-refractivity contribution in [3.63, 3.8) is 0 Å². The molecule has 1 aromatic heterocycles. The lowest BCUT2D eigenvalue weighted by Gasteiger charge is -2.22. The Morgan fingerprint density at radius 1 is 1.47 bits per heavy atom. The van der Waals surface area contributed by atoms with E-state index in [1.54, 1.807) is 0 Å². The van der Waals surface area contributed by atoms with E-state index in [1.807, 2.05) is 23.4 Å². The lowest BCUT2D eigenvalue weighted by Crippen LogP contribution is -2.35. The van der Waals surface area contributed by atoms with Crippen LogP contribution in [-0.2, 0) is 11.3 Å². The minimum Gasteiger partial charge on any atom is -0.394 e. The van der Waals surface area contributed by atoms with Gasteiger partial charge in [0.05, 0.1) is 17.9 Å². The number of likely N-dealkylation sites (N-methyl/N-ethyl adjacent to an activating group) is 1. The number of rotatable bonds is 6. The molecule has 0 aromatic carbocycles. The van der Waals surface area contributed by atoms with E-state index in [1.165, 1.54) is 0 Å². The second-order valence-corrected chi connectivity index (χ2v) is 4.03. The number of primary amides is 1. The molecule has 17 heavy (non-hydrogen) atoms. The predicted molar refractivity (Wildman–Crippen MR) is 68.7 cm³/mol. The van der Waals surface area contributed by atoms with Crippen LogP contribution in [0.2, 0.25) is 0 Å². The molecule has 0 saturated heterocycles. The predicted octanol–water partition coefficient (Wildman–Crippen LogP) is 0.495. The van der Waals surface area contributed by atoms with Gasteiger partial charge in [0, 0.05) is 13.1 Å². The Morgan fingerprint density at radius 2 is 2.12 bits per heavy atom. The van der Waals surface area contributed by atoms with Gasteiger partial charge in [-0.2, -0.15) is 5.10 Å². The first kappa shape index (κ1) is 13.3. The molecule has 6 nitrogen and oxygen atoms in total. The third-order valence-electron chi connectivity index (χ3n) is 2.61. The summed E-state index contributed by atoms with van der Waals surface area (Å²) in [7, 11) is 0. The molecule has 1 amide bonds. The maximum absolute atomic E-state index is 11.0. The maximum atomic E-state index is 11.0. The second-order valence-electron chi connectivity index (χ2n) is 4.03. The highest BCUT2D eigenvalue weighted by Crippen LogP contribution is 2.26. The molecular formula is C11H21N5O. The first-order chi connectivity index (χ1) is 8.01. The molecule has 1 heterocycles. The minimum atomic E-state index is -0.367. The van der Waals surface area contributed by atoms with E-state index in [9.17, 15) is 4.79 Å². The summed E-state index contributed by atoms with van der Waals surface area (Å²) >= 11 is 0. The molecule has 6 heteroatoms. The number of aromatic nitrogens is 2. The maximum Gasteiger partial charge on any atom is 0.236 e. The number of amides is 1. The van der Waals surface area contributed by atoms with Crippen molar-refractivity contribution >= 4 is 17.4 Å². The van der Waals surface area contributed by atoms with E-state index in [4.69, 9.17) is 11.5 Å². The van der Waals surface area contributed by atoms with Crippen LogP contribution in [0.3, 0.4) is 0 Å². The number of carbonyl (C=O) groups is 1. The SMILES string of the molecule is CCCn1nc(C)c(N)c1N(CC)CC(N)=O. The summed E-state index contributed by atoms with van der Waals surface area (Å²) in [5.74, 6) is 0.429. The van der Waals surface area contributed by atoms with E-state index in [-0.39, 0.29) is 12.5 Å². The quantitative estimate of drug-likeness (QED) is 0.756. The highest BCUT2D eigenvalue weighted by atomic mass is 16.1. The molecule has 4 N–H and O–H groups in total. The largest absolute Gasteiger partial charge is 0.394 e. The monoisotopic (exact) mass is 239 g/mol. The lowest BCUT2D eigenvalue weighted by atomic mass is 10.3. The van der Waals surface area contributed by atoms with E-state index in [0.29, 0.717) is 12.2 Å². The zero-order valence-electron chi connectivity index (χ0n) is 10.7. The zero-order valence-corrected chi connectivity index (χ0v) is 10.7. The Labute approximate surface area is 102 Å². The number of carbonyl (C=O) groups excluding carboxylic acids is 1. The molecule has 96 valence electrons. The molecule has 0 aliphatic carbocycles. The lowest BCUT2D eigenvalue weighted by molar-refractivity contribution is -0.116. The number of hydrogen-bond acceptors (Lipinski definition) is 4. The highest BCUT2D eigenvalue weighted by molar-refractivity contribution is 5.81. The van der Waals surface area contributed by atoms with Gasteiger partial charge >= 0.3 is 0 Å². The number of nitrogens with two attached hydrogens (primary N) is 2. The van der Waals surface area contributed by atoms with Crippen LogP contribution < -0.4 is 16.4 Å². The van der Waals surface area contributed by atoms with Gasteiger partial charge in [-0.3, -0.25) is 4.79 Å². The molecule has 0 spiro atoms. The van der Waals surface area contributed by atoms with Crippen LogP contribution in [0.4, 0.5) is 11.5 Å². The molecule has 0 bridgehead atoms. The third-order valence-corrected chi connectivity index (χ3v) is 2.61. The fraction of sp³-hybridized carbons (Fsp3) is 0.636. The van der Waals surface area contributed by atoms with Gasteiger partial charge in [-0.25, -0.2) is 4.68 Å². The van der Waals surface area contributed by atoms with Gasteiger partial charge in [-0.1, -0.05) is 6.92 Å². The van der Waals surface area contributed by atoms with Crippen molar-refractivity contribution in [1.29, 1.82) is 0 Å². The van der Waals surface area contributed by atoms with Gasteiger partial charge in [0.15, 0.2) is 5.82 Å². The van der Waals surface area contributed by atoms with Crippen molar-refractivity contribution in [3.05, 3.63) is 5.69 Å². The molecule has 0 unspecified atom stereocenters. The number of anilines is 2. The van der Waals surface area contributed by atoms with Gasteiger partial charge in [0.2, 0.25) is 5.91 Å². The van der Waals surface area contributed by atoms with Crippen LogP contribution in [0.25, 0.3) is 0 Å². The fourth-order valence-corrected chi connectivity index (χ4v) is 1.81. The molecule has 0 saturated carbocycles. The average molecular weight is 239 g/mol. The van der Waals surface area contributed by atoms with Crippen LogP contribution >= 0.6 is 0 Å². The van der Waals surface area contributed by atoms with Gasteiger partial charge in [0.1, 0.15) is 0 Å².